The zero-order valence-electron chi connectivity index (χ0n) is 11.1. The van der Waals surface area contributed by atoms with Crippen LogP contribution in [0.15, 0.2) is 11.8 Å². The molecule has 16 heavy (non-hydrogen) atoms. The first-order chi connectivity index (χ1) is 7.74. The van der Waals surface area contributed by atoms with E-state index in [0.717, 1.165) is 25.9 Å². The van der Waals surface area contributed by atoms with Gasteiger partial charge in [0.1, 0.15) is 0 Å². The van der Waals surface area contributed by atoms with E-state index in [9.17, 15) is 0 Å². The van der Waals surface area contributed by atoms with E-state index in [1.807, 2.05) is 19.5 Å². The van der Waals surface area contributed by atoms with E-state index in [2.05, 4.69) is 19.9 Å². The fourth-order valence-electron chi connectivity index (χ4n) is 1.29. The summed E-state index contributed by atoms with van der Waals surface area (Å²) in [5, 5.41) is 0. The molecule has 96 valence electrons. The Bertz CT molecular complexity index is 177. The van der Waals surface area contributed by atoms with Gasteiger partial charge in [-0.2, -0.15) is 0 Å². The second-order valence-corrected chi connectivity index (χ2v) is 5.89. The summed E-state index contributed by atoms with van der Waals surface area (Å²) < 4.78 is 17.3. The number of rotatable bonds is 10. The summed E-state index contributed by atoms with van der Waals surface area (Å²) in [6, 6.07) is 0. The molecule has 0 aromatic carbocycles. The number of allylic oxidation sites excluding steroid dienone is 1. The molecule has 4 heteroatoms. The molecule has 0 heterocycles. The van der Waals surface area contributed by atoms with Gasteiger partial charge in [0, 0.05) is 19.8 Å². The highest BCUT2D eigenvalue weighted by atomic mass is 28.4. The van der Waals surface area contributed by atoms with Gasteiger partial charge in [0.2, 0.25) is 0 Å². The fraction of sp³-hybridized carbons (Fsp3) is 0.833. The van der Waals surface area contributed by atoms with Gasteiger partial charge in [-0.1, -0.05) is 26.3 Å². The van der Waals surface area contributed by atoms with Crippen LogP contribution >= 0.6 is 0 Å². The van der Waals surface area contributed by atoms with E-state index in [1.165, 1.54) is 0 Å². The molecule has 0 aliphatic carbocycles. The Hall–Kier alpha value is -0.163. The zero-order valence-corrected chi connectivity index (χ0v) is 12.1. The van der Waals surface area contributed by atoms with Gasteiger partial charge in [0.15, 0.2) is 0 Å². The molecule has 0 radical (unpaired) electrons. The van der Waals surface area contributed by atoms with Crippen molar-refractivity contribution in [2.75, 3.05) is 19.8 Å². The molecular formula is C12H26O3Si. The SMILES string of the molecule is CCC=C[Si](OCC)(OCC)OCCCC. The van der Waals surface area contributed by atoms with Crippen molar-refractivity contribution in [2.24, 2.45) is 0 Å². The minimum atomic E-state index is -2.53. The fourth-order valence-corrected chi connectivity index (χ4v) is 3.59. The van der Waals surface area contributed by atoms with Crippen LogP contribution in [-0.4, -0.2) is 28.6 Å². The maximum atomic E-state index is 5.86. The van der Waals surface area contributed by atoms with Crippen LogP contribution in [0.2, 0.25) is 0 Å². The standard InChI is InChI=1S/C12H26O3Si/c1-5-9-11-15-16(13-7-3,14-8-4)12-10-6-2/h10,12H,5-9,11H2,1-4H3. The Kier molecular flexibility index (Phi) is 9.92. The summed E-state index contributed by atoms with van der Waals surface area (Å²) in [4.78, 5) is 0. The molecule has 0 rings (SSSR count). The van der Waals surface area contributed by atoms with Crippen LogP contribution in [-0.2, 0) is 13.3 Å². The highest BCUT2D eigenvalue weighted by Crippen LogP contribution is 2.13. The maximum Gasteiger partial charge on any atom is 0.529 e. The van der Waals surface area contributed by atoms with Crippen molar-refractivity contribution in [1.82, 2.24) is 0 Å². The lowest BCUT2D eigenvalue weighted by atomic mass is 10.4. The van der Waals surface area contributed by atoms with Crippen LogP contribution in [0.4, 0.5) is 0 Å². The van der Waals surface area contributed by atoms with Gasteiger partial charge in [-0.15, -0.1) is 0 Å². The first-order valence-electron chi connectivity index (χ1n) is 6.34. The molecule has 0 fully saturated rings. The van der Waals surface area contributed by atoms with Crippen molar-refractivity contribution < 1.29 is 13.3 Å². The molecule has 0 saturated heterocycles. The normalized spacial score (nSPS) is 12.5. The van der Waals surface area contributed by atoms with E-state index in [4.69, 9.17) is 13.3 Å². The van der Waals surface area contributed by atoms with Gasteiger partial charge in [0.05, 0.1) is 0 Å². The predicted molar refractivity (Wildman–Crippen MR) is 69.3 cm³/mol. The third-order valence-electron chi connectivity index (χ3n) is 2.05. The Labute approximate surface area is 101 Å². The van der Waals surface area contributed by atoms with Crippen LogP contribution in [0.3, 0.4) is 0 Å². The van der Waals surface area contributed by atoms with Crippen molar-refractivity contribution in [2.45, 2.75) is 47.0 Å². The molecule has 0 saturated carbocycles. The molecule has 0 aromatic rings. The van der Waals surface area contributed by atoms with Gasteiger partial charge < -0.3 is 13.3 Å². The summed E-state index contributed by atoms with van der Waals surface area (Å²) in [6.45, 7) is 10.2. The first kappa shape index (κ1) is 15.8. The molecule has 0 aromatic heterocycles. The summed E-state index contributed by atoms with van der Waals surface area (Å²) in [5.74, 6) is 0. The third-order valence-corrected chi connectivity index (χ3v) is 4.68. The summed E-state index contributed by atoms with van der Waals surface area (Å²) in [7, 11) is -2.53. The number of hydrogen-bond donors (Lipinski definition) is 0. The lowest BCUT2D eigenvalue weighted by molar-refractivity contribution is 0.0786. The first-order valence-corrected chi connectivity index (χ1v) is 8.14. The van der Waals surface area contributed by atoms with Crippen molar-refractivity contribution in [3.8, 4) is 0 Å². The van der Waals surface area contributed by atoms with Crippen LogP contribution in [0, 0.1) is 0 Å². The Morgan fingerprint density at radius 2 is 1.56 bits per heavy atom. The molecular weight excluding hydrogens is 220 g/mol. The molecule has 0 atom stereocenters. The Morgan fingerprint density at radius 1 is 0.938 bits per heavy atom. The summed E-state index contributed by atoms with van der Waals surface area (Å²) in [6.07, 6.45) is 5.23. The van der Waals surface area contributed by atoms with Gasteiger partial charge in [-0.05, 0) is 32.4 Å². The minimum absolute atomic E-state index is 0.631. The van der Waals surface area contributed by atoms with Crippen LogP contribution < -0.4 is 0 Å². The highest BCUT2D eigenvalue weighted by molar-refractivity contribution is 6.66. The smallest absolute Gasteiger partial charge is 0.371 e. The van der Waals surface area contributed by atoms with Crippen molar-refractivity contribution >= 4 is 8.80 Å². The largest absolute Gasteiger partial charge is 0.529 e. The maximum absolute atomic E-state index is 5.86. The highest BCUT2D eigenvalue weighted by Gasteiger charge is 2.37. The topological polar surface area (TPSA) is 27.7 Å². The van der Waals surface area contributed by atoms with Gasteiger partial charge in [-0.25, -0.2) is 0 Å². The Balaban J connectivity index is 4.43. The van der Waals surface area contributed by atoms with Gasteiger partial charge in [0.25, 0.3) is 0 Å². The van der Waals surface area contributed by atoms with Crippen molar-refractivity contribution in [3.63, 3.8) is 0 Å². The lowest BCUT2D eigenvalue weighted by Gasteiger charge is -2.25. The third kappa shape index (κ3) is 6.43. The molecule has 0 bridgehead atoms. The Morgan fingerprint density at radius 3 is 2.00 bits per heavy atom. The van der Waals surface area contributed by atoms with Gasteiger partial charge >= 0.3 is 8.80 Å². The second-order valence-electron chi connectivity index (χ2n) is 3.48. The molecule has 0 amide bonds. The molecule has 0 unspecified atom stereocenters. The number of unbranched alkanes of at least 4 members (excludes halogenated alkanes) is 1. The van der Waals surface area contributed by atoms with Crippen LogP contribution in [0.5, 0.6) is 0 Å². The predicted octanol–water partition coefficient (Wildman–Crippen LogP) is 3.32. The monoisotopic (exact) mass is 246 g/mol. The molecule has 0 aliphatic heterocycles. The average Bonchev–Trinajstić information content (AvgIpc) is 2.27. The van der Waals surface area contributed by atoms with Crippen LogP contribution in [0.1, 0.15) is 47.0 Å². The summed E-state index contributed by atoms with van der Waals surface area (Å²) >= 11 is 0. The molecule has 0 aliphatic rings. The molecule has 0 N–H and O–H groups in total. The van der Waals surface area contributed by atoms with Gasteiger partial charge in [-0.3, -0.25) is 0 Å². The van der Waals surface area contributed by atoms with Crippen LogP contribution in [0.25, 0.3) is 0 Å². The summed E-state index contributed by atoms with van der Waals surface area (Å²) in [5.41, 5.74) is 2.01. The van der Waals surface area contributed by atoms with Crippen molar-refractivity contribution in [3.05, 3.63) is 11.8 Å². The van der Waals surface area contributed by atoms with E-state index in [1.54, 1.807) is 0 Å². The number of hydrogen-bond acceptors (Lipinski definition) is 3. The van der Waals surface area contributed by atoms with E-state index in [0.29, 0.717) is 13.2 Å². The quantitative estimate of drug-likeness (QED) is 0.437. The average molecular weight is 246 g/mol. The molecule has 0 spiro atoms. The second kappa shape index (κ2) is 10.0. The zero-order chi connectivity index (χ0) is 12.3. The van der Waals surface area contributed by atoms with E-state index >= 15 is 0 Å². The van der Waals surface area contributed by atoms with Crippen molar-refractivity contribution in [1.29, 1.82) is 0 Å². The minimum Gasteiger partial charge on any atom is -0.371 e. The lowest BCUT2D eigenvalue weighted by Crippen LogP contribution is -2.44. The van der Waals surface area contributed by atoms with E-state index in [-0.39, 0.29) is 0 Å². The molecule has 3 nitrogen and oxygen atoms in total. The van der Waals surface area contributed by atoms with E-state index < -0.39 is 8.80 Å².